The lowest BCUT2D eigenvalue weighted by molar-refractivity contribution is 0.581. The van der Waals surface area contributed by atoms with Gasteiger partial charge in [0.2, 0.25) is 0 Å². The summed E-state index contributed by atoms with van der Waals surface area (Å²) in [5.74, 6) is -0.473. The highest BCUT2D eigenvalue weighted by Gasteiger charge is 2.27. The molecule has 0 amide bonds. The molecule has 0 fully saturated rings. The van der Waals surface area contributed by atoms with Crippen molar-refractivity contribution in [3.63, 3.8) is 0 Å². The topological polar surface area (TPSA) is 60.2 Å². The van der Waals surface area contributed by atoms with Crippen molar-refractivity contribution >= 4 is 9.84 Å². The van der Waals surface area contributed by atoms with Crippen LogP contribution in [0.25, 0.3) is 0 Å². The lowest BCUT2D eigenvalue weighted by atomic mass is 10.1. The predicted octanol–water partition coefficient (Wildman–Crippen LogP) is 2.30. The van der Waals surface area contributed by atoms with E-state index in [9.17, 15) is 12.8 Å². The van der Waals surface area contributed by atoms with Gasteiger partial charge in [-0.1, -0.05) is 30.3 Å². The number of nitrogens with two attached hydrogens (primary N) is 1. The van der Waals surface area contributed by atoms with E-state index in [0.29, 0.717) is 5.56 Å². The van der Waals surface area contributed by atoms with Crippen molar-refractivity contribution < 1.29 is 12.8 Å². The van der Waals surface area contributed by atoms with Crippen LogP contribution in [0.3, 0.4) is 0 Å². The Morgan fingerprint density at radius 3 is 2.32 bits per heavy atom. The first-order valence-corrected chi connectivity index (χ1v) is 7.35. The first-order chi connectivity index (χ1) is 9.05. The Hall–Kier alpha value is -1.72. The van der Waals surface area contributed by atoms with E-state index in [-0.39, 0.29) is 11.4 Å². The highest BCUT2D eigenvalue weighted by atomic mass is 32.2. The van der Waals surface area contributed by atoms with Gasteiger partial charge >= 0.3 is 0 Å². The molecule has 3 nitrogen and oxygen atoms in total. The minimum Gasteiger partial charge on any atom is -0.329 e. The molecule has 0 aliphatic rings. The number of rotatable bonds is 4. The Morgan fingerprint density at radius 2 is 1.74 bits per heavy atom. The van der Waals surface area contributed by atoms with Crippen LogP contribution in [0.5, 0.6) is 0 Å². The highest BCUT2D eigenvalue weighted by Crippen LogP contribution is 2.28. The second-order valence-electron chi connectivity index (χ2n) is 4.14. The molecular formula is C14H14FNO2S. The van der Waals surface area contributed by atoms with Crippen LogP contribution in [-0.2, 0) is 9.84 Å². The van der Waals surface area contributed by atoms with Gasteiger partial charge in [0.15, 0.2) is 9.84 Å². The average Bonchev–Trinajstić information content (AvgIpc) is 2.40. The summed E-state index contributed by atoms with van der Waals surface area (Å²) in [7, 11) is -3.61. The second-order valence-corrected chi connectivity index (χ2v) is 6.27. The molecule has 1 atom stereocenters. The monoisotopic (exact) mass is 279 g/mol. The average molecular weight is 279 g/mol. The van der Waals surface area contributed by atoms with E-state index in [2.05, 4.69) is 0 Å². The minimum absolute atomic E-state index is 0.0965. The lowest BCUT2D eigenvalue weighted by Gasteiger charge is -2.16. The molecule has 2 aromatic rings. The summed E-state index contributed by atoms with van der Waals surface area (Å²) in [6, 6.07) is 13.6. The molecule has 0 spiro atoms. The summed E-state index contributed by atoms with van der Waals surface area (Å²) in [4.78, 5) is 0.190. The lowest BCUT2D eigenvalue weighted by Crippen LogP contribution is -2.22. The van der Waals surface area contributed by atoms with Gasteiger partial charge in [-0.2, -0.15) is 0 Å². The summed E-state index contributed by atoms with van der Waals surface area (Å²) in [5.41, 5.74) is 5.94. The van der Waals surface area contributed by atoms with E-state index in [1.165, 1.54) is 30.3 Å². The Kier molecular flexibility index (Phi) is 3.97. The van der Waals surface area contributed by atoms with Gasteiger partial charge in [0.25, 0.3) is 0 Å². The summed E-state index contributed by atoms with van der Waals surface area (Å²) in [6.07, 6.45) is 0. The first kappa shape index (κ1) is 13.7. The van der Waals surface area contributed by atoms with E-state index in [1.54, 1.807) is 24.3 Å². The molecule has 2 rings (SSSR count). The van der Waals surface area contributed by atoms with Gasteiger partial charge in [-0.15, -0.1) is 0 Å². The summed E-state index contributed by atoms with van der Waals surface area (Å²) < 4.78 is 38.2. The standard InChI is InChI=1S/C14H14FNO2S/c15-12-6-4-5-11(9-12)14(10-16)19(17,18)13-7-2-1-3-8-13/h1-9,14H,10,16H2/t14-/m1/s1. The van der Waals surface area contributed by atoms with Crippen LogP contribution in [-0.4, -0.2) is 15.0 Å². The third-order valence-corrected chi connectivity index (χ3v) is 5.02. The molecule has 0 heterocycles. The summed E-state index contributed by atoms with van der Waals surface area (Å²) >= 11 is 0. The van der Waals surface area contributed by atoms with Crippen molar-refractivity contribution in [2.45, 2.75) is 10.1 Å². The molecule has 0 aliphatic carbocycles. The third-order valence-electron chi connectivity index (χ3n) is 2.88. The van der Waals surface area contributed by atoms with Gasteiger partial charge in [-0.05, 0) is 29.8 Å². The maximum absolute atomic E-state index is 13.2. The smallest absolute Gasteiger partial charge is 0.186 e. The third kappa shape index (κ3) is 2.83. The minimum atomic E-state index is -3.61. The highest BCUT2D eigenvalue weighted by molar-refractivity contribution is 7.91. The van der Waals surface area contributed by atoms with Crippen molar-refractivity contribution in [2.24, 2.45) is 5.73 Å². The van der Waals surface area contributed by atoms with Crippen LogP contribution < -0.4 is 5.73 Å². The van der Waals surface area contributed by atoms with Gasteiger partial charge in [0.1, 0.15) is 11.1 Å². The fourth-order valence-corrected chi connectivity index (χ4v) is 3.55. The zero-order chi connectivity index (χ0) is 13.9. The van der Waals surface area contributed by atoms with Crippen molar-refractivity contribution in [2.75, 3.05) is 6.54 Å². The molecular weight excluding hydrogens is 265 g/mol. The van der Waals surface area contributed by atoms with Crippen LogP contribution in [0.2, 0.25) is 0 Å². The van der Waals surface area contributed by atoms with E-state index < -0.39 is 20.9 Å². The SMILES string of the molecule is NC[C@H](c1cccc(F)c1)S(=O)(=O)c1ccccc1. The van der Waals surface area contributed by atoms with E-state index in [0.717, 1.165) is 0 Å². The molecule has 2 aromatic carbocycles. The van der Waals surface area contributed by atoms with E-state index >= 15 is 0 Å². The quantitative estimate of drug-likeness (QED) is 0.934. The maximum atomic E-state index is 13.2. The fraction of sp³-hybridized carbons (Fsp3) is 0.143. The molecule has 0 unspecified atom stereocenters. The molecule has 0 saturated carbocycles. The number of sulfone groups is 1. The molecule has 0 aliphatic heterocycles. The van der Waals surface area contributed by atoms with Gasteiger partial charge in [0, 0.05) is 6.54 Å². The van der Waals surface area contributed by atoms with Crippen LogP contribution in [0.4, 0.5) is 4.39 Å². The molecule has 2 N–H and O–H groups in total. The van der Waals surface area contributed by atoms with Gasteiger partial charge in [0.05, 0.1) is 4.90 Å². The number of hydrogen-bond donors (Lipinski definition) is 1. The predicted molar refractivity (Wildman–Crippen MR) is 71.8 cm³/mol. The molecule has 100 valence electrons. The zero-order valence-electron chi connectivity index (χ0n) is 10.2. The van der Waals surface area contributed by atoms with Gasteiger partial charge in [-0.3, -0.25) is 0 Å². The molecule has 5 heteroatoms. The molecule has 0 saturated heterocycles. The van der Waals surface area contributed by atoms with Crippen molar-refractivity contribution in [1.29, 1.82) is 0 Å². The maximum Gasteiger partial charge on any atom is 0.186 e. The summed E-state index contributed by atoms with van der Waals surface area (Å²) in [5, 5.41) is -0.939. The van der Waals surface area contributed by atoms with Crippen molar-refractivity contribution in [1.82, 2.24) is 0 Å². The number of benzene rings is 2. The van der Waals surface area contributed by atoms with E-state index in [4.69, 9.17) is 5.73 Å². The van der Waals surface area contributed by atoms with Crippen LogP contribution in [0.15, 0.2) is 59.5 Å². The van der Waals surface area contributed by atoms with Crippen LogP contribution >= 0.6 is 0 Å². The van der Waals surface area contributed by atoms with Gasteiger partial charge in [-0.25, -0.2) is 12.8 Å². The largest absolute Gasteiger partial charge is 0.329 e. The Bertz CT molecular complexity index is 656. The molecule has 0 radical (unpaired) electrons. The first-order valence-electron chi connectivity index (χ1n) is 5.80. The van der Waals surface area contributed by atoms with E-state index in [1.807, 2.05) is 0 Å². The Labute approximate surface area is 111 Å². The molecule has 0 aromatic heterocycles. The number of hydrogen-bond acceptors (Lipinski definition) is 3. The van der Waals surface area contributed by atoms with Crippen LogP contribution in [0, 0.1) is 5.82 Å². The Morgan fingerprint density at radius 1 is 1.05 bits per heavy atom. The normalized spacial score (nSPS) is 13.2. The van der Waals surface area contributed by atoms with Crippen molar-refractivity contribution in [3.05, 3.63) is 66.0 Å². The fourth-order valence-electron chi connectivity index (χ4n) is 1.92. The molecule has 19 heavy (non-hydrogen) atoms. The molecule has 0 bridgehead atoms. The Balaban J connectivity index is 2.48. The van der Waals surface area contributed by atoms with Crippen LogP contribution in [0.1, 0.15) is 10.8 Å². The zero-order valence-corrected chi connectivity index (χ0v) is 11.0. The summed E-state index contributed by atoms with van der Waals surface area (Å²) in [6.45, 7) is -0.0965. The van der Waals surface area contributed by atoms with Gasteiger partial charge < -0.3 is 5.73 Å². The number of halogens is 1. The van der Waals surface area contributed by atoms with Crippen molar-refractivity contribution in [3.8, 4) is 0 Å². The second kappa shape index (κ2) is 5.50.